The zero-order valence-electron chi connectivity index (χ0n) is 14.1. The summed E-state index contributed by atoms with van der Waals surface area (Å²) in [5, 5.41) is 3.74. The van der Waals surface area contributed by atoms with Crippen LogP contribution in [0.25, 0.3) is 0 Å². The molecule has 0 radical (unpaired) electrons. The largest absolute Gasteiger partial charge is 0.382 e. The number of nitrogens with one attached hydrogen (secondary N) is 1. The lowest BCUT2D eigenvalue weighted by Gasteiger charge is -2.35. The van der Waals surface area contributed by atoms with Crippen LogP contribution in [-0.2, 0) is 6.54 Å². The summed E-state index contributed by atoms with van der Waals surface area (Å²) in [5.74, 6) is 0. The van der Waals surface area contributed by atoms with Gasteiger partial charge in [-0.1, -0.05) is 26.0 Å². The van der Waals surface area contributed by atoms with E-state index in [0.717, 1.165) is 19.6 Å². The van der Waals surface area contributed by atoms with Crippen molar-refractivity contribution in [2.45, 2.75) is 52.2 Å². The fourth-order valence-corrected chi connectivity index (χ4v) is 3.12. The van der Waals surface area contributed by atoms with Crippen molar-refractivity contribution in [2.24, 2.45) is 0 Å². The predicted octanol–water partition coefficient (Wildman–Crippen LogP) is 3.42. The van der Waals surface area contributed by atoms with E-state index in [0.29, 0.717) is 12.1 Å². The van der Waals surface area contributed by atoms with E-state index in [1.54, 1.807) is 0 Å². The molecule has 3 heteroatoms. The van der Waals surface area contributed by atoms with Gasteiger partial charge in [-0.15, -0.1) is 0 Å². The molecule has 0 saturated carbocycles. The number of hydrogen-bond donors (Lipinski definition) is 1. The van der Waals surface area contributed by atoms with Crippen molar-refractivity contribution in [2.75, 3.05) is 32.0 Å². The molecule has 1 aromatic rings. The minimum atomic E-state index is 0.611. The first-order chi connectivity index (χ1) is 10.1. The molecule has 0 aromatic heterocycles. The highest BCUT2D eigenvalue weighted by atomic mass is 15.1. The first-order valence-electron chi connectivity index (χ1n) is 8.40. The molecule has 1 heterocycles. The van der Waals surface area contributed by atoms with E-state index in [1.165, 1.54) is 30.6 Å². The molecule has 3 nitrogen and oxygen atoms in total. The Balaban J connectivity index is 1.94. The Labute approximate surface area is 130 Å². The van der Waals surface area contributed by atoms with Gasteiger partial charge in [0.2, 0.25) is 0 Å². The monoisotopic (exact) mass is 289 g/mol. The summed E-state index contributed by atoms with van der Waals surface area (Å²) in [4.78, 5) is 4.91. The van der Waals surface area contributed by atoms with E-state index >= 15 is 0 Å². The second-order valence-corrected chi connectivity index (χ2v) is 6.36. The number of hydrogen-bond acceptors (Lipinski definition) is 3. The maximum absolute atomic E-state index is 3.74. The smallest absolute Gasteiger partial charge is 0.0345 e. The number of benzene rings is 1. The standard InChI is InChI=1S/C18H31N3/c1-5-21(6-2)14-16-8-7-9-17(13-16)19-18-10-11-20(4)15(3)12-18/h7-9,13,15,18-19H,5-6,10-12,14H2,1-4H3. The van der Waals surface area contributed by atoms with Crippen LogP contribution in [-0.4, -0.2) is 48.6 Å². The highest BCUT2D eigenvalue weighted by Crippen LogP contribution is 2.21. The fraction of sp³-hybridized carbons (Fsp3) is 0.667. The normalized spacial score (nSPS) is 23.5. The summed E-state index contributed by atoms with van der Waals surface area (Å²) in [5.41, 5.74) is 2.69. The molecule has 0 spiro atoms. The van der Waals surface area contributed by atoms with Gasteiger partial charge in [-0.05, 0) is 57.6 Å². The second kappa shape index (κ2) is 7.81. The molecule has 21 heavy (non-hydrogen) atoms. The number of nitrogens with zero attached hydrogens (tertiary/aromatic N) is 2. The number of rotatable bonds is 6. The van der Waals surface area contributed by atoms with Gasteiger partial charge in [0.25, 0.3) is 0 Å². The molecule has 2 rings (SSSR count). The average Bonchev–Trinajstić information content (AvgIpc) is 2.49. The van der Waals surface area contributed by atoms with Crippen molar-refractivity contribution in [3.05, 3.63) is 29.8 Å². The lowest BCUT2D eigenvalue weighted by atomic mass is 9.98. The van der Waals surface area contributed by atoms with Gasteiger partial charge in [0, 0.05) is 30.9 Å². The second-order valence-electron chi connectivity index (χ2n) is 6.36. The molecule has 0 aliphatic carbocycles. The Morgan fingerprint density at radius 3 is 2.71 bits per heavy atom. The topological polar surface area (TPSA) is 18.5 Å². The molecule has 0 amide bonds. The van der Waals surface area contributed by atoms with Gasteiger partial charge in [0.05, 0.1) is 0 Å². The van der Waals surface area contributed by atoms with Crippen LogP contribution in [0.4, 0.5) is 5.69 Å². The van der Waals surface area contributed by atoms with E-state index in [-0.39, 0.29) is 0 Å². The van der Waals surface area contributed by atoms with Crippen LogP contribution in [0, 0.1) is 0 Å². The number of piperidine rings is 1. The van der Waals surface area contributed by atoms with Gasteiger partial charge in [0.15, 0.2) is 0 Å². The van der Waals surface area contributed by atoms with Crippen LogP contribution in [0.1, 0.15) is 39.2 Å². The van der Waals surface area contributed by atoms with Crippen LogP contribution in [0.5, 0.6) is 0 Å². The van der Waals surface area contributed by atoms with Crippen molar-refractivity contribution < 1.29 is 0 Å². The lowest BCUT2D eigenvalue weighted by molar-refractivity contribution is 0.190. The molecule has 1 aromatic carbocycles. The van der Waals surface area contributed by atoms with Crippen molar-refractivity contribution in [1.82, 2.24) is 9.80 Å². The SMILES string of the molecule is CCN(CC)Cc1cccc(NC2CCN(C)C(C)C2)c1. The highest BCUT2D eigenvalue weighted by molar-refractivity contribution is 5.46. The van der Waals surface area contributed by atoms with Gasteiger partial charge in [-0.25, -0.2) is 0 Å². The third-order valence-electron chi connectivity index (χ3n) is 4.81. The molecule has 2 atom stereocenters. The van der Waals surface area contributed by atoms with Gasteiger partial charge < -0.3 is 10.2 Å². The van der Waals surface area contributed by atoms with Crippen LogP contribution in [0.15, 0.2) is 24.3 Å². The van der Waals surface area contributed by atoms with Crippen molar-refractivity contribution in [3.63, 3.8) is 0 Å². The fourth-order valence-electron chi connectivity index (χ4n) is 3.12. The van der Waals surface area contributed by atoms with Crippen molar-refractivity contribution in [1.29, 1.82) is 0 Å². The van der Waals surface area contributed by atoms with E-state index < -0.39 is 0 Å². The summed E-state index contributed by atoms with van der Waals surface area (Å²) in [6, 6.07) is 10.2. The molecular weight excluding hydrogens is 258 g/mol. The van der Waals surface area contributed by atoms with E-state index in [9.17, 15) is 0 Å². The predicted molar refractivity (Wildman–Crippen MR) is 91.8 cm³/mol. The van der Waals surface area contributed by atoms with Gasteiger partial charge in [-0.3, -0.25) is 4.90 Å². The Morgan fingerprint density at radius 1 is 1.29 bits per heavy atom. The van der Waals surface area contributed by atoms with Gasteiger partial charge in [0.1, 0.15) is 0 Å². The molecular formula is C18H31N3. The average molecular weight is 289 g/mol. The van der Waals surface area contributed by atoms with E-state index in [2.05, 4.69) is 67.2 Å². The van der Waals surface area contributed by atoms with Crippen molar-refractivity contribution in [3.8, 4) is 0 Å². The third kappa shape index (κ3) is 4.72. The molecule has 1 N–H and O–H groups in total. The van der Waals surface area contributed by atoms with Crippen LogP contribution < -0.4 is 5.32 Å². The zero-order valence-corrected chi connectivity index (χ0v) is 14.1. The maximum Gasteiger partial charge on any atom is 0.0345 e. The van der Waals surface area contributed by atoms with E-state index in [1.807, 2.05) is 0 Å². The molecule has 0 bridgehead atoms. The summed E-state index contributed by atoms with van der Waals surface area (Å²) >= 11 is 0. The summed E-state index contributed by atoms with van der Waals surface area (Å²) in [6.07, 6.45) is 2.47. The maximum atomic E-state index is 3.74. The third-order valence-corrected chi connectivity index (χ3v) is 4.81. The highest BCUT2D eigenvalue weighted by Gasteiger charge is 2.22. The summed E-state index contributed by atoms with van der Waals surface area (Å²) in [6.45, 7) is 11.2. The quantitative estimate of drug-likeness (QED) is 0.865. The first kappa shape index (κ1) is 16.3. The van der Waals surface area contributed by atoms with Gasteiger partial charge >= 0.3 is 0 Å². The molecule has 1 aliphatic rings. The summed E-state index contributed by atoms with van der Waals surface area (Å²) in [7, 11) is 2.23. The lowest BCUT2D eigenvalue weighted by Crippen LogP contribution is -2.42. The van der Waals surface area contributed by atoms with Crippen molar-refractivity contribution >= 4 is 5.69 Å². The van der Waals surface area contributed by atoms with Gasteiger partial charge in [-0.2, -0.15) is 0 Å². The molecule has 1 aliphatic heterocycles. The van der Waals surface area contributed by atoms with Crippen LogP contribution in [0.2, 0.25) is 0 Å². The minimum absolute atomic E-state index is 0.611. The molecule has 2 unspecified atom stereocenters. The van der Waals surface area contributed by atoms with E-state index in [4.69, 9.17) is 0 Å². The Hall–Kier alpha value is -1.06. The summed E-state index contributed by atoms with van der Waals surface area (Å²) < 4.78 is 0. The molecule has 1 saturated heterocycles. The van der Waals surface area contributed by atoms with Crippen LogP contribution >= 0.6 is 0 Å². The van der Waals surface area contributed by atoms with Crippen LogP contribution in [0.3, 0.4) is 0 Å². The first-order valence-corrected chi connectivity index (χ1v) is 8.40. The Kier molecular flexibility index (Phi) is 6.07. The Morgan fingerprint density at radius 2 is 2.05 bits per heavy atom. The number of anilines is 1. The number of likely N-dealkylation sites (tertiary alicyclic amines) is 1. The Bertz CT molecular complexity index is 428. The zero-order chi connectivity index (χ0) is 15.2. The molecule has 118 valence electrons. The molecule has 1 fully saturated rings. The minimum Gasteiger partial charge on any atom is -0.382 e.